The molecule has 0 radical (unpaired) electrons. The van der Waals surface area contributed by atoms with Crippen LogP contribution in [0.3, 0.4) is 0 Å². The predicted molar refractivity (Wildman–Crippen MR) is 64.8 cm³/mol. The van der Waals surface area contributed by atoms with Gasteiger partial charge in [0.1, 0.15) is 0 Å². The van der Waals surface area contributed by atoms with E-state index in [1.165, 1.54) is 0 Å². The predicted octanol–water partition coefficient (Wildman–Crippen LogP) is 0.938. The standard InChI is InChI=1S/C10H20N2O2S/c1-3-14-8-4-6-12(9(2)13)7-5-10(11)15/h3-8H2,1-2H3,(H2,11,15). The van der Waals surface area contributed by atoms with Gasteiger partial charge in [-0.2, -0.15) is 0 Å². The molecule has 0 saturated carbocycles. The van der Waals surface area contributed by atoms with Crippen LogP contribution in [0.25, 0.3) is 0 Å². The molecule has 0 spiro atoms. The number of thiocarbonyl (C=S) groups is 1. The maximum Gasteiger partial charge on any atom is 0.219 e. The molecule has 0 fully saturated rings. The van der Waals surface area contributed by atoms with Crippen molar-refractivity contribution in [2.45, 2.75) is 26.7 Å². The summed E-state index contributed by atoms with van der Waals surface area (Å²) in [6.45, 7) is 6.23. The average Bonchev–Trinajstić information content (AvgIpc) is 2.15. The smallest absolute Gasteiger partial charge is 0.219 e. The van der Waals surface area contributed by atoms with Crippen LogP contribution < -0.4 is 5.73 Å². The van der Waals surface area contributed by atoms with E-state index in [0.717, 1.165) is 6.42 Å². The third kappa shape index (κ3) is 8.32. The Morgan fingerprint density at radius 3 is 2.60 bits per heavy atom. The molecule has 0 aromatic heterocycles. The van der Waals surface area contributed by atoms with Crippen molar-refractivity contribution in [3.05, 3.63) is 0 Å². The van der Waals surface area contributed by atoms with Crippen molar-refractivity contribution in [3.8, 4) is 0 Å². The molecule has 0 rings (SSSR count). The quantitative estimate of drug-likeness (QED) is 0.500. The lowest BCUT2D eigenvalue weighted by atomic mass is 10.3. The van der Waals surface area contributed by atoms with Crippen LogP contribution in [-0.2, 0) is 9.53 Å². The topological polar surface area (TPSA) is 55.6 Å². The summed E-state index contributed by atoms with van der Waals surface area (Å²) in [5.41, 5.74) is 5.39. The van der Waals surface area contributed by atoms with Crippen molar-refractivity contribution in [3.63, 3.8) is 0 Å². The molecule has 0 bridgehead atoms. The van der Waals surface area contributed by atoms with Gasteiger partial charge in [0.15, 0.2) is 0 Å². The monoisotopic (exact) mass is 232 g/mol. The van der Waals surface area contributed by atoms with E-state index >= 15 is 0 Å². The van der Waals surface area contributed by atoms with Gasteiger partial charge in [0, 0.05) is 39.6 Å². The van der Waals surface area contributed by atoms with E-state index in [2.05, 4.69) is 0 Å². The molecule has 0 heterocycles. The van der Waals surface area contributed by atoms with Crippen molar-refractivity contribution in [1.29, 1.82) is 0 Å². The molecule has 0 unspecified atom stereocenters. The normalized spacial score (nSPS) is 10.0. The van der Waals surface area contributed by atoms with Crippen LogP contribution >= 0.6 is 12.2 Å². The van der Waals surface area contributed by atoms with E-state index in [0.29, 0.717) is 37.7 Å². The second kappa shape index (κ2) is 8.61. The zero-order valence-electron chi connectivity index (χ0n) is 9.49. The molecule has 5 heteroatoms. The van der Waals surface area contributed by atoms with Crippen LogP contribution in [-0.4, -0.2) is 42.1 Å². The van der Waals surface area contributed by atoms with Gasteiger partial charge in [-0.15, -0.1) is 0 Å². The molecule has 1 amide bonds. The van der Waals surface area contributed by atoms with E-state index in [-0.39, 0.29) is 5.91 Å². The minimum atomic E-state index is 0.0581. The third-order valence-corrected chi connectivity index (χ3v) is 2.20. The summed E-state index contributed by atoms with van der Waals surface area (Å²) in [5, 5.41) is 0. The minimum absolute atomic E-state index is 0.0581. The second-order valence-corrected chi connectivity index (χ2v) is 3.80. The Morgan fingerprint density at radius 1 is 1.47 bits per heavy atom. The Bertz CT molecular complexity index is 210. The lowest BCUT2D eigenvalue weighted by Crippen LogP contribution is -2.33. The van der Waals surface area contributed by atoms with Crippen molar-refractivity contribution in [2.24, 2.45) is 5.73 Å². The van der Waals surface area contributed by atoms with Crippen LogP contribution in [0, 0.1) is 0 Å². The molecule has 0 aliphatic carbocycles. The molecular weight excluding hydrogens is 212 g/mol. The lowest BCUT2D eigenvalue weighted by molar-refractivity contribution is -0.128. The van der Waals surface area contributed by atoms with Crippen LogP contribution in [0.4, 0.5) is 0 Å². The summed E-state index contributed by atoms with van der Waals surface area (Å²) in [5.74, 6) is 0.0581. The Kier molecular flexibility index (Phi) is 8.22. The van der Waals surface area contributed by atoms with Crippen molar-refractivity contribution in [1.82, 2.24) is 4.90 Å². The van der Waals surface area contributed by atoms with Gasteiger partial charge in [-0.3, -0.25) is 4.79 Å². The molecule has 2 N–H and O–H groups in total. The molecule has 0 atom stereocenters. The average molecular weight is 232 g/mol. The van der Waals surface area contributed by atoms with E-state index < -0.39 is 0 Å². The van der Waals surface area contributed by atoms with Gasteiger partial charge in [0.25, 0.3) is 0 Å². The highest BCUT2D eigenvalue weighted by atomic mass is 32.1. The lowest BCUT2D eigenvalue weighted by Gasteiger charge is -2.20. The van der Waals surface area contributed by atoms with Crippen LogP contribution in [0.5, 0.6) is 0 Å². The third-order valence-electron chi connectivity index (χ3n) is 1.99. The number of hydrogen-bond donors (Lipinski definition) is 1. The van der Waals surface area contributed by atoms with Gasteiger partial charge in [-0.25, -0.2) is 0 Å². The number of carbonyl (C=O) groups is 1. The van der Waals surface area contributed by atoms with E-state index in [1.54, 1.807) is 11.8 Å². The van der Waals surface area contributed by atoms with E-state index in [1.807, 2.05) is 6.92 Å². The first-order valence-corrected chi connectivity index (χ1v) is 5.60. The van der Waals surface area contributed by atoms with Gasteiger partial charge in [0.05, 0.1) is 4.99 Å². The molecule has 0 aliphatic heterocycles. The number of hydrogen-bond acceptors (Lipinski definition) is 3. The zero-order chi connectivity index (χ0) is 11.7. The summed E-state index contributed by atoms with van der Waals surface area (Å²) in [4.78, 5) is 13.4. The molecular formula is C10H20N2O2S. The van der Waals surface area contributed by atoms with Crippen molar-refractivity contribution in [2.75, 3.05) is 26.3 Å². The fourth-order valence-electron chi connectivity index (χ4n) is 1.17. The van der Waals surface area contributed by atoms with Crippen molar-refractivity contribution >= 4 is 23.1 Å². The van der Waals surface area contributed by atoms with Crippen LogP contribution in [0.1, 0.15) is 26.7 Å². The summed E-state index contributed by atoms with van der Waals surface area (Å²) in [6.07, 6.45) is 1.44. The first-order valence-electron chi connectivity index (χ1n) is 5.19. The Morgan fingerprint density at radius 2 is 2.13 bits per heavy atom. The fraction of sp³-hybridized carbons (Fsp3) is 0.800. The van der Waals surface area contributed by atoms with Crippen LogP contribution in [0.15, 0.2) is 0 Å². The number of carbonyl (C=O) groups excluding carboxylic acids is 1. The van der Waals surface area contributed by atoms with Gasteiger partial charge in [-0.1, -0.05) is 12.2 Å². The maximum atomic E-state index is 11.2. The molecule has 4 nitrogen and oxygen atoms in total. The summed E-state index contributed by atoms with van der Waals surface area (Å²) in [6, 6.07) is 0. The van der Waals surface area contributed by atoms with Crippen LogP contribution in [0.2, 0.25) is 0 Å². The van der Waals surface area contributed by atoms with Gasteiger partial charge >= 0.3 is 0 Å². The maximum absolute atomic E-state index is 11.2. The molecule has 15 heavy (non-hydrogen) atoms. The number of nitrogens with zero attached hydrogens (tertiary/aromatic N) is 1. The highest BCUT2D eigenvalue weighted by Crippen LogP contribution is 1.96. The highest BCUT2D eigenvalue weighted by Gasteiger charge is 2.07. The molecule has 88 valence electrons. The Labute approximate surface area is 96.8 Å². The first-order chi connectivity index (χ1) is 7.07. The summed E-state index contributed by atoms with van der Waals surface area (Å²) >= 11 is 4.77. The molecule has 0 aromatic rings. The largest absolute Gasteiger partial charge is 0.393 e. The minimum Gasteiger partial charge on any atom is -0.393 e. The van der Waals surface area contributed by atoms with Gasteiger partial charge in [-0.05, 0) is 13.3 Å². The molecule has 0 saturated heterocycles. The summed E-state index contributed by atoms with van der Waals surface area (Å²) < 4.78 is 5.20. The van der Waals surface area contributed by atoms with E-state index in [4.69, 9.17) is 22.7 Å². The zero-order valence-corrected chi connectivity index (χ0v) is 10.3. The Balaban J connectivity index is 3.73. The molecule has 0 aliphatic rings. The highest BCUT2D eigenvalue weighted by molar-refractivity contribution is 7.80. The Hall–Kier alpha value is -0.680. The second-order valence-electron chi connectivity index (χ2n) is 3.27. The number of nitrogens with two attached hydrogens (primary N) is 1. The number of rotatable bonds is 8. The number of ether oxygens (including phenoxy) is 1. The van der Waals surface area contributed by atoms with Gasteiger partial charge in [0.2, 0.25) is 5.91 Å². The van der Waals surface area contributed by atoms with Gasteiger partial charge < -0.3 is 15.4 Å². The van der Waals surface area contributed by atoms with E-state index in [9.17, 15) is 4.79 Å². The molecule has 0 aromatic carbocycles. The fourth-order valence-corrected chi connectivity index (χ4v) is 1.26. The first kappa shape index (κ1) is 14.3. The van der Waals surface area contributed by atoms with Crippen molar-refractivity contribution < 1.29 is 9.53 Å². The number of amides is 1. The SMILES string of the molecule is CCOCCCN(CCC(N)=S)C(C)=O. The summed E-state index contributed by atoms with van der Waals surface area (Å²) in [7, 11) is 0.